The van der Waals surface area contributed by atoms with E-state index in [2.05, 4.69) is 0 Å². The van der Waals surface area contributed by atoms with Crippen molar-refractivity contribution in [2.24, 2.45) is 0 Å². The molecule has 1 aromatic rings. The zero-order valence-corrected chi connectivity index (χ0v) is 14.6. The summed E-state index contributed by atoms with van der Waals surface area (Å²) in [5.74, 6) is -0.797. The van der Waals surface area contributed by atoms with Crippen LogP contribution in [-0.2, 0) is 19.1 Å². The van der Waals surface area contributed by atoms with E-state index in [0.29, 0.717) is 0 Å². The number of aliphatic hydroxyl groups excluding tert-OH is 3. The van der Waals surface area contributed by atoms with Crippen molar-refractivity contribution in [1.29, 1.82) is 0 Å². The number of nitrogens with zero attached hydrogens (tertiary/aromatic N) is 1. The fourth-order valence-electron chi connectivity index (χ4n) is 2.66. The Morgan fingerprint density at radius 2 is 2.07 bits per heavy atom. The number of ether oxygens (including phenoxy) is 2. The Labute approximate surface area is 153 Å². The van der Waals surface area contributed by atoms with Gasteiger partial charge in [-0.3, -0.25) is 19.1 Å². The van der Waals surface area contributed by atoms with Crippen LogP contribution in [0, 0.1) is 0 Å². The molecule has 1 aliphatic rings. The maximum Gasteiger partial charge on any atom is 0.330 e. The molecule has 0 spiro atoms. The molecule has 0 aromatic carbocycles. The molecular formula is C16H22N2O9. The molecule has 5 atom stereocenters. The van der Waals surface area contributed by atoms with Gasteiger partial charge in [-0.1, -0.05) is 0 Å². The minimum atomic E-state index is -1.53. The fourth-order valence-corrected chi connectivity index (χ4v) is 2.66. The summed E-state index contributed by atoms with van der Waals surface area (Å²) >= 11 is 0. The minimum absolute atomic E-state index is 0.00690. The second-order valence-electron chi connectivity index (χ2n) is 6.24. The van der Waals surface area contributed by atoms with Crippen LogP contribution in [0.15, 0.2) is 21.9 Å². The molecule has 0 radical (unpaired) electrons. The Kier molecular flexibility index (Phi) is 7.16. The number of carbonyl (C=O) groups excluding carboxylic acids is 2. The van der Waals surface area contributed by atoms with Crippen LogP contribution in [-0.4, -0.2) is 74.1 Å². The van der Waals surface area contributed by atoms with Gasteiger partial charge in [0, 0.05) is 25.1 Å². The molecule has 11 nitrogen and oxygen atoms in total. The van der Waals surface area contributed by atoms with Crippen LogP contribution >= 0.6 is 0 Å². The first-order chi connectivity index (χ1) is 12.7. The van der Waals surface area contributed by atoms with Crippen molar-refractivity contribution in [1.82, 2.24) is 9.55 Å². The summed E-state index contributed by atoms with van der Waals surface area (Å²) in [7, 11) is 0. The first kappa shape index (κ1) is 21.1. The highest BCUT2D eigenvalue weighted by molar-refractivity contribution is 5.87. The predicted octanol–water partition coefficient (Wildman–Crippen LogP) is -2.53. The number of aromatic nitrogens is 2. The number of hydrogen-bond donors (Lipinski definition) is 4. The van der Waals surface area contributed by atoms with Crippen molar-refractivity contribution in [3.05, 3.63) is 33.1 Å². The molecule has 27 heavy (non-hydrogen) atoms. The Morgan fingerprint density at radius 1 is 1.37 bits per heavy atom. The Morgan fingerprint density at radius 3 is 2.67 bits per heavy atom. The maximum absolute atomic E-state index is 12.0. The molecule has 0 amide bonds. The number of aromatic amines is 1. The van der Waals surface area contributed by atoms with Gasteiger partial charge in [-0.2, -0.15) is 0 Å². The molecule has 1 saturated heterocycles. The van der Waals surface area contributed by atoms with E-state index in [1.54, 1.807) is 0 Å². The number of carbonyl (C=O) groups is 2. The number of Topliss-reactive ketones (excluding diaryl/α,β-unsaturated/α-hetero) is 2. The highest BCUT2D eigenvalue weighted by Gasteiger charge is 2.46. The van der Waals surface area contributed by atoms with Gasteiger partial charge in [-0.15, -0.1) is 0 Å². The monoisotopic (exact) mass is 386 g/mol. The number of nitrogens with one attached hydrogen (secondary N) is 1. The quantitative estimate of drug-likeness (QED) is 0.358. The minimum Gasteiger partial charge on any atom is -0.394 e. The van der Waals surface area contributed by atoms with E-state index in [1.807, 2.05) is 4.98 Å². The van der Waals surface area contributed by atoms with Crippen molar-refractivity contribution in [3.63, 3.8) is 0 Å². The summed E-state index contributed by atoms with van der Waals surface area (Å²) in [6, 6.07) is 1.07. The smallest absolute Gasteiger partial charge is 0.330 e. The fraction of sp³-hybridized carbons (Fsp3) is 0.625. The lowest BCUT2D eigenvalue weighted by Gasteiger charge is -2.23. The third-order valence-corrected chi connectivity index (χ3v) is 4.16. The average Bonchev–Trinajstić information content (AvgIpc) is 2.93. The van der Waals surface area contributed by atoms with Crippen LogP contribution in [0.3, 0.4) is 0 Å². The third kappa shape index (κ3) is 5.17. The van der Waals surface area contributed by atoms with Gasteiger partial charge in [-0.25, -0.2) is 4.79 Å². The average molecular weight is 386 g/mol. The zero-order chi connectivity index (χ0) is 20.1. The molecule has 1 fully saturated rings. The molecule has 1 aliphatic heterocycles. The normalized spacial score (nSPS) is 26.1. The van der Waals surface area contributed by atoms with E-state index in [1.165, 1.54) is 6.92 Å². The lowest BCUT2D eigenvalue weighted by molar-refractivity contribution is -0.137. The topological polar surface area (TPSA) is 168 Å². The molecule has 0 bridgehead atoms. The van der Waals surface area contributed by atoms with Crippen LogP contribution in [0.2, 0.25) is 0 Å². The van der Waals surface area contributed by atoms with E-state index >= 15 is 0 Å². The summed E-state index contributed by atoms with van der Waals surface area (Å²) in [5, 5.41) is 29.4. The van der Waals surface area contributed by atoms with Crippen LogP contribution in [0.25, 0.3) is 0 Å². The second-order valence-corrected chi connectivity index (χ2v) is 6.24. The first-order valence-electron chi connectivity index (χ1n) is 8.32. The van der Waals surface area contributed by atoms with Crippen molar-refractivity contribution in [3.8, 4) is 0 Å². The van der Waals surface area contributed by atoms with Gasteiger partial charge in [0.25, 0.3) is 5.56 Å². The summed E-state index contributed by atoms with van der Waals surface area (Å²) in [6.45, 7) is 0.258. The lowest BCUT2D eigenvalue weighted by atomic mass is 10.1. The molecule has 11 heteroatoms. The SMILES string of the molecule is CC(=O)CCC(=O)C(O)CO[C@@H]1[C@H](O)[C@@H](CO)O[C@H]1n1ccc(=O)[nH]c1=O. The highest BCUT2D eigenvalue weighted by atomic mass is 16.6. The van der Waals surface area contributed by atoms with E-state index in [0.717, 1.165) is 16.8 Å². The van der Waals surface area contributed by atoms with Gasteiger partial charge in [0.05, 0.1) is 13.2 Å². The molecule has 1 unspecified atom stereocenters. The molecular weight excluding hydrogens is 364 g/mol. The summed E-state index contributed by atoms with van der Waals surface area (Å²) in [6.07, 6.45) is -5.34. The lowest BCUT2D eigenvalue weighted by Crippen LogP contribution is -2.41. The van der Waals surface area contributed by atoms with Crippen LogP contribution < -0.4 is 11.2 Å². The molecule has 1 aromatic heterocycles. The number of H-pyrrole nitrogens is 1. The molecule has 0 aliphatic carbocycles. The summed E-state index contributed by atoms with van der Waals surface area (Å²) < 4.78 is 11.8. The van der Waals surface area contributed by atoms with E-state index in [4.69, 9.17) is 9.47 Å². The van der Waals surface area contributed by atoms with E-state index in [-0.39, 0.29) is 18.6 Å². The Balaban J connectivity index is 2.11. The highest BCUT2D eigenvalue weighted by Crippen LogP contribution is 2.30. The van der Waals surface area contributed by atoms with Gasteiger partial charge in [0.1, 0.15) is 30.2 Å². The van der Waals surface area contributed by atoms with Crippen LogP contribution in [0.1, 0.15) is 26.0 Å². The van der Waals surface area contributed by atoms with Gasteiger partial charge in [0.15, 0.2) is 12.0 Å². The predicted molar refractivity (Wildman–Crippen MR) is 89.0 cm³/mol. The number of rotatable bonds is 9. The van der Waals surface area contributed by atoms with Gasteiger partial charge in [-0.05, 0) is 6.92 Å². The molecule has 2 heterocycles. The van der Waals surface area contributed by atoms with Gasteiger partial charge >= 0.3 is 5.69 Å². The molecule has 150 valence electrons. The van der Waals surface area contributed by atoms with Crippen molar-refractivity contribution >= 4 is 11.6 Å². The van der Waals surface area contributed by atoms with Crippen molar-refractivity contribution in [2.45, 2.75) is 50.4 Å². The van der Waals surface area contributed by atoms with Crippen LogP contribution in [0.4, 0.5) is 0 Å². The van der Waals surface area contributed by atoms with Gasteiger partial charge < -0.3 is 29.6 Å². The van der Waals surface area contributed by atoms with Gasteiger partial charge in [0.2, 0.25) is 0 Å². The van der Waals surface area contributed by atoms with E-state index in [9.17, 15) is 34.5 Å². The van der Waals surface area contributed by atoms with Crippen molar-refractivity contribution in [2.75, 3.05) is 13.2 Å². The molecule has 4 N–H and O–H groups in total. The molecule has 2 rings (SSSR count). The molecule has 0 saturated carbocycles. The number of ketones is 2. The van der Waals surface area contributed by atoms with E-state index < -0.39 is 60.9 Å². The van der Waals surface area contributed by atoms with Crippen LogP contribution in [0.5, 0.6) is 0 Å². The number of hydrogen-bond acceptors (Lipinski definition) is 9. The third-order valence-electron chi connectivity index (χ3n) is 4.16. The largest absolute Gasteiger partial charge is 0.394 e. The number of aliphatic hydroxyl groups is 3. The zero-order valence-electron chi connectivity index (χ0n) is 14.6. The first-order valence-corrected chi connectivity index (χ1v) is 8.32. The Bertz CT molecular complexity index is 787. The van der Waals surface area contributed by atoms with Crippen molar-refractivity contribution < 1.29 is 34.4 Å². The second kappa shape index (κ2) is 9.15. The summed E-state index contributed by atoms with van der Waals surface area (Å²) in [4.78, 5) is 47.9. The summed E-state index contributed by atoms with van der Waals surface area (Å²) in [5.41, 5.74) is -1.44. The maximum atomic E-state index is 12.0. The Hall–Kier alpha value is -2.18. The standard InChI is InChI=1S/C16H22N2O9/c1-8(20)2-3-9(21)10(22)7-26-14-13(24)11(6-19)27-15(14)18-5-4-12(23)17-16(18)25/h4-5,10-11,13-15,19,22,24H,2-3,6-7H2,1H3,(H,17,23,25)/t10?,11-,13-,14-,15-/m1/s1.